The third-order valence-corrected chi connectivity index (χ3v) is 3.22. The molecule has 0 radical (unpaired) electrons. The number of sulfone groups is 1. The lowest BCUT2D eigenvalue weighted by atomic mass is 10.3. The molecule has 13 heavy (non-hydrogen) atoms. The first kappa shape index (κ1) is 9.98. The quantitative estimate of drug-likeness (QED) is 0.803. The minimum Gasteiger partial charge on any atom is -0.508 e. The Labute approximate surface area is 75.7 Å². The van der Waals surface area contributed by atoms with Gasteiger partial charge in [-0.05, 0) is 24.3 Å². The van der Waals surface area contributed by atoms with Crippen LogP contribution < -0.4 is 0 Å². The van der Waals surface area contributed by atoms with Crippen molar-refractivity contribution >= 4 is 9.84 Å². The van der Waals surface area contributed by atoms with Crippen molar-refractivity contribution in [3.8, 4) is 5.75 Å². The average Bonchev–Trinajstić information content (AvgIpc) is 2.05. The topological polar surface area (TPSA) is 54.4 Å². The van der Waals surface area contributed by atoms with E-state index in [9.17, 15) is 12.8 Å². The smallest absolute Gasteiger partial charge is 0.180 e. The van der Waals surface area contributed by atoms with E-state index >= 15 is 0 Å². The number of alkyl halides is 1. The van der Waals surface area contributed by atoms with Crippen LogP contribution >= 0.6 is 0 Å². The van der Waals surface area contributed by atoms with E-state index in [0.717, 1.165) is 0 Å². The van der Waals surface area contributed by atoms with Crippen LogP contribution in [0.4, 0.5) is 4.39 Å². The van der Waals surface area contributed by atoms with Crippen LogP contribution in [0, 0.1) is 0 Å². The lowest BCUT2D eigenvalue weighted by molar-refractivity contribution is 0.474. The number of hydrogen-bond acceptors (Lipinski definition) is 3. The lowest BCUT2D eigenvalue weighted by Crippen LogP contribution is -2.07. The zero-order valence-corrected chi connectivity index (χ0v) is 7.59. The van der Waals surface area contributed by atoms with Crippen molar-refractivity contribution in [1.29, 1.82) is 0 Å². The molecule has 0 bridgehead atoms. The highest BCUT2D eigenvalue weighted by atomic mass is 32.2. The van der Waals surface area contributed by atoms with Crippen molar-refractivity contribution in [3.05, 3.63) is 24.3 Å². The summed E-state index contributed by atoms with van der Waals surface area (Å²) in [6.07, 6.45) is 0. The third-order valence-electron chi connectivity index (χ3n) is 1.54. The number of phenolic OH excluding ortho intramolecular Hbond substituents is 1. The van der Waals surface area contributed by atoms with E-state index in [1.54, 1.807) is 0 Å². The van der Waals surface area contributed by atoms with Crippen LogP contribution in [0.15, 0.2) is 29.2 Å². The van der Waals surface area contributed by atoms with Gasteiger partial charge in [0.25, 0.3) is 0 Å². The number of aromatic hydroxyl groups is 1. The monoisotopic (exact) mass is 204 g/mol. The number of phenols is 1. The summed E-state index contributed by atoms with van der Waals surface area (Å²) in [6.45, 7) is -0.900. The molecule has 0 aliphatic carbocycles. The molecule has 0 aliphatic rings. The SMILES string of the molecule is O=S(=O)(CCF)c1ccc(O)cc1. The highest BCUT2D eigenvalue weighted by Gasteiger charge is 2.13. The molecule has 0 atom stereocenters. The van der Waals surface area contributed by atoms with Gasteiger partial charge in [0.2, 0.25) is 0 Å². The van der Waals surface area contributed by atoms with E-state index in [1.165, 1.54) is 24.3 Å². The standard InChI is InChI=1S/C8H9FO3S/c9-5-6-13(11,12)8-3-1-7(10)2-4-8/h1-4,10H,5-6H2. The van der Waals surface area contributed by atoms with Crippen LogP contribution in [0.5, 0.6) is 5.75 Å². The number of benzene rings is 1. The Balaban J connectivity index is 3.02. The molecule has 0 saturated heterocycles. The van der Waals surface area contributed by atoms with E-state index in [0.29, 0.717) is 0 Å². The maximum Gasteiger partial charge on any atom is 0.180 e. The van der Waals surface area contributed by atoms with Crippen LogP contribution in [0.3, 0.4) is 0 Å². The van der Waals surface area contributed by atoms with E-state index in [2.05, 4.69) is 0 Å². The highest BCUT2D eigenvalue weighted by molar-refractivity contribution is 7.91. The molecule has 0 fully saturated rings. The van der Waals surface area contributed by atoms with Crippen LogP contribution in [-0.2, 0) is 9.84 Å². The van der Waals surface area contributed by atoms with E-state index in [4.69, 9.17) is 5.11 Å². The average molecular weight is 204 g/mol. The summed E-state index contributed by atoms with van der Waals surface area (Å²) in [5.74, 6) is -0.531. The highest BCUT2D eigenvalue weighted by Crippen LogP contribution is 2.15. The van der Waals surface area contributed by atoms with Gasteiger partial charge in [0.15, 0.2) is 9.84 Å². The zero-order chi connectivity index (χ0) is 9.90. The predicted octanol–water partition coefficient (Wildman–Crippen LogP) is 1.14. The fraction of sp³-hybridized carbons (Fsp3) is 0.250. The summed E-state index contributed by atoms with van der Waals surface area (Å²) in [6, 6.07) is 5.01. The molecule has 1 rings (SSSR count). The van der Waals surface area contributed by atoms with Gasteiger partial charge in [-0.2, -0.15) is 0 Å². The Hall–Kier alpha value is -1.10. The zero-order valence-electron chi connectivity index (χ0n) is 6.77. The van der Waals surface area contributed by atoms with Crippen LogP contribution in [0.1, 0.15) is 0 Å². The molecule has 1 aromatic carbocycles. The van der Waals surface area contributed by atoms with E-state index < -0.39 is 22.3 Å². The van der Waals surface area contributed by atoms with Gasteiger partial charge in [0, 0.05) is 0 Å². The van der Waals surface area contributed by atoms with Crippen LogP contribution in [0.2, 0.25) is 0 Å². The van der Waals surface area contributed by atoms with Gasteiger partial charge in [-0.25, -0.2) is 12.8 Å². The molecular weight excluding hydrogens is 195 g/mol. The summed E-state index contributed by atoms with van der Waals surface area (Å²) in [5.41, 5.74) is 0. The molecule has 0 amide bonds. The van der Waals surface area contributed by atoms with Crippen molar-refractivity contribution in [2.45, 2.75) is 4.90 Å². The maximum atomic E-state index is 11.8. The fourth-order valence-corrected chi connectivity index (χ4v) is 1.86. The van der Waals surface area contributed by atoms with Crippen molar-refractivity contribution in [2.24, 2.45) is 0 Å². The second-order valence-electron chi connectivity index (χ2n) is 2.50. The van der Waals surface area contributed by atoms with E-state index in [1.807, 2.05) is 0 Å². The second kappa shape index (κ2) is 3.74. The van der Waals surface area contributed by atoms with Crippen molar-refractivity contribution < 1.29 is 17.9 Å². The van der Waals surface area contributed by atoms with Crippen molar-refractivity contribution in [1.82, 2.24) is 0 Å². The molecule has 72 valence electrons. The summed E-state index contributed by atoms with van der Waals surface area (Å²) in [5, 5.41) is 8.88. The Morgan fingerprint density at radius 1 is 1.23 bits per heavy atom. The summed E-state index contributed by atoms with van der Waals surface area (Å²) >= 11 is 0. The van der Waals surface area contributed by atoms with Gasteiger partial charge in [0.05, 0.1) is 10.6 Å². The first-order valence-corrected chi connectivity index (χ1v) is 5.29. The molecule has 0 aliphatic heterocycles. The van der Waals surface area contributed by atoms with Gasteiger partial charge in [-0.3, -0.25) is 0 Å². The van der Waals surface area contributed by atoms with Gasteiger partial charge in [-0.1, -0.05) is 0 Å². The Morgan fingerprint density at radius 2 is 1.77 bits per heavy atom. The normalized spacial score (nSPS) is 11.5. The largest absolute Gasteiger partial charge is 0.508 e. The van der Waals surface area contributed by atoms with Gasteiger partial charge in [-0.15, -0.1) is 0 Å². The summed E-state index contributed by atoms with van der Waals surface area (Å²) in [4.78, 5) is 0.0305. The second-order valence-corrected chi connectivity index (χ2v) is 4.61. The van der Waals surface area contributed by atoms with Crippen molar-refractivity contribution in [3.63, 3.8) is 0 Å². The number of halogens is 1. The van der Waals surface area contributed by atoms with Gasteiger partial charge in [0.1, 0.15) is 12.4 Å². The molecular formula is C8H9FO3S. The maximum absolute atomic E-state index is 11.8. The fourth-order valence-electron chi connectivity index (χ4n) is 0.873. The minimum atomic E-state index is -3.51. The Morgan fingerprint density at radius 3 is 2.23 bits per heavy atom. The number of hydrogen-bond donors (Lipinski definition) is 1. The van der Waals surface area contributed by atoms with Gasteiger partial charge < -0.3 is 5.11 Å². The van der Waals surface area contributed by atoms with E-state index in [-0.39, 0.29) is 10.6 Å². The summed E-state index contributed by atoms with van der Waals surface area (Å²) in [7, 11) is -3.51. The predicted molar refractivity (Wildman–Crippen MR) is 46.1 cm³/mol. The molecule has 0 heterocycles. The Kier molecular flexibility index (Phi) is 2.87. The minimum absolute atomic E-state index is 0.0146. The molecule has 0 spiro atoms. The first-order valence-electron chi connectivity index (χ1n) is 3.64. The van der Waals surface area contributed by atoms with Crippen molar-refractivity contribution in [2.75, 3.05) is 12.4 Å². The third kappa shape index (κ3) is 2.42. The molecule has 3 nitrogen and oxygen atoms in total. The molecule has 0 unspecified atom stereocenters. The lowest BCUT2D eigenvalue weighted by Gasteiger charge is -2.00. The van der Waals surface area contributed by atoms with Gasteiger partial charge >= 0.3 is 0 Å². The molecule has 0 saturated carbocycles. The molecule has 1 aromatic rings. The first-order chi connectivity index (χ1) is 6.06. The number of rotatable bonds is 3. The molecule has 0 aromatic heterocycles. The Bertz CT molecular complexity index is 369. The summed E-state index contributed by atoms with van der Waals surface area (Å²) < 4.78 is 34.3. The molecule has 5 heteroatoms. The van der Waals surface area contributed by atoms with Crippen LogP contribution in [0.25, 0.3) is 0 Å². The molecule has 1 N–H and O–H groups in total. The van der Waals surface area contributed by atoms with Crippen LogP contribution in [-0.4, -0.2) is 26.0 Å².